The van der Waals surface area contributed by atoms with E-state index in [9.17, 15) is 4.79 Å². The molecule has 0 unspecified atom stereocenters. The topological polar surface area (TPSA) is 49.3 Å². The molecule has 0 aromatic carbocycles. The van der Waals surface area contributed by atoms with Crippen LogP contribution in [0.4, 0.5) is 0 Å². The molecule has 0 aliphatic carbocycles. The van der Waals surface area contributed by atoms with Gasteiger partial charge in [0.25, 0.3) is 5.91 Å². The first kappa shape index (κ1) is 10.5. The zero-order valence-electron chi connectivity index (χ0n) is 7.08. The van der Waals surface area contributed by atoms with E-state index in [1.165, 1.54) is 11.3 Å². The third-order valence-electron chi connectivity index (χ3n) is 1.45. The number of carbonyl (C=O) groups is 1. The van der Waals surface area contributed by atoms with Crippen LogP contribution in [0.25, 0.3) is 0 Å². The van der Waals surface area contributed by atoms with Crippen molar-refractivity contribution in [2.24, 2.45) is 0 Å². The minimum absolute atomic E-state index is 0.0646. The standard InChI is InChI=1S/C8H10ClNO2S/c1-5(4-11)10-8(12)6-2-3-7(9)13-6/h2-3,5,11H,4H2,1H3,(H,10,12)/t5-/m1/s1. The first-order chi connectivity index (χ1) is 6.13. The molecule has 1 aromatic rings. The van der Waals surface area contributed by atoms with Crippen LogP contribution in [0.15, 0.2) is 12.1 Å². The van der Waals surface area contributed by atoms with Crippen LogP contribution in [0.2, 0.25) is 4.34 Å². The summed E-state index contributed by atoms with van der Waals surface area (Å²) in [5, 5.41) is 11.3. The van der Waals surface area contributed by atoms with E-state index < -0.39 is 0 Å². The van der Waals surface area contributed by atoms with E-state index in [1.54, 1.807) is 19.1 Å². The molecule has 0 saturated carbocycles. The predicted octanol–water partition coefficient (Wildman–Crippen LogP) is 1.51. The van der Waals surface area contributed by atoms with Crippen molar-refractivity contribution in [2.45, 2.75) is 13.0 Å². The quantitative estimate of drug-likeness (QED) is 0.810. The van der Waals surface area contributed by atoms with Crippen molar-refractivity contribution in [1.29, 1.82) is 0 Å². The van der Waals surface area contributed by atoms with Gasteiger partial charge in [-0.05, 0) is 19.1 Å². The first-order valence-electron chi connectivity index (χ1n) is 3.80. The van der Waals surface area contributed by atoms with Gasteiger partial charge in [0.05, 0.1) is 15.8 Å². The molecule has 72 valence electrons. The van der Waals surface area contributed by atoms with Gasteiger partial charge < -0.3 is 10.4 Å². The van der Waals surface area contributed by atoms with Crippen LogP contribution >= 0.6 is 22.9 Å². The van der Waals surface area contributed by atoms with Crippen molar-refractivity contribution >= 4 is 28.8 Å². The minimum Gasteiger partial charge on any atom is -0.394 e. The Balaban J connectivity index is 2.58. The summed E-state index contributed by atoms with van der Waals surface area (Å²) in [4.78, 5) is 11.9. The molecule has 5 heteroatoms. The van der Waals surface area contributed by atoms with Crippen molar-refractivity contribution in [3.63, 3.8) is 0 Å². The Morgan fingerprint density at radius 2 is 2.46 bits per heavy atom. The highest BCUT2D eigenvalue weighted by atomic mass is 35.5. The van der Waals surface area contributed by atoms with Gasteiger partial charge in [-0.2, -0.15) is 0 Å². The molecule has 1 heterocycles. The van der Waals surface area contributed by atoms with Crippen molar-refractivity contribution < 1.29 is 9.90 Å². The molecule has 0 fully saturated rings. The summed E-state index contributed by atoms with van der Waals surface area (Å²) < 4.78 is 0.585. The Morgan fingerprint density at radius 1 is 1.77 bits per heavy atom. The molecule has 3 nitrogen and oxygen atoms in total. The SMILES string of the molecule is C[C@H](CO)NC(=O)c1ccc(Cl)s1. The molecule has 0 saturated heterocycles. The highest BCUT2D eigenvalue weighted by Crippen LogP contribution is 2.21. The van der Waals surface area contributed by atoms with Crippen molar-refractivity contribution in [3.8, 4) is 0 Å². The van der Waals surface area contributed by atoms with E-state index in [1.807, 2.05) is 0 Å². The lowest BCUT2D eigenvalue weighted by atomic mass is 10.3. The Morgan fingerprint density at radius 3 is 2.92 bits per heavy atom. The van der Waals surface area contributed by atoms with Gasteiger partial charge in [-0.15, -0.1) is 11.3 Å². The Bertz CT molecular complexity index is 300. The van der Waals surface area contributed by atoms with Crippen LogP contribution in [0.5, 0.6) is 0 Å². The molecule has 13 heavy (non-hydrogen) atoms. The molecule has 0 aliphatic heterocycles. The second-order valence-electron chi connectivity index (χ2n) is 2.66. The molecule has 0 bridgehead atoms. The second-order valence-corrected chi connectivity index (χ2v) is 4.38. The number of hydrogen-bond acceptors (Lipinski definition) is 3. The average molecular weight is 220 g/mol. The van der Waals surface area contributed by atoms with Crippen LogP contribution in [-0.4, -0.2) is 23.7 Å². The van der Waals surface area contributed by atoms with Gasteiger partial charge in [0.2, 0.25) is 0 Å². The van der Waals surface area contributed by atoms with Crippen LogP contribution in [-0.2, 0) is 0 Å². The zero-order valence-corrected chi connectivity index (χ0v) is 8.65. The van der Waals surface area contributed by atoms with E-state index in [2.05, 4.69) is 5.32 Å². The van der Waals surface area contributed by atoms with Gasteiger partial charge in [0.1, 0.15) is 0 Å². The number of amides is 1. The highest BCUT2D eigenvalue weighted by Gasteiger charge is 2.10. The van der Waals surface area contributed by atoms with Gasteiger partial charge in [0, 0.05) is 6.04 Å². The molecular formula is C8H10ClNO2S. The van der Waals surface area contributed by atoms with E-state index >= 15 is 0 Å². The third kappa shape index (κ3) is 2.99. The fourth-order valence-corrected chi connectivity index (χ4v) is 1.72. The summed E-state index contributed by atoms with van der Waals surface area (Å²) in [5.74, 6) is -0.196. The molecule has 0 aliphatic rings. The molecular weight excluding hydrogens is 210 g/mol. The van der Waals surface area contributed by atoms with E-state index in [0.29, 0.717) is 9.21 Å². The number of hydrogen-bond donors (Lipinski definition) is 2. The van der Waals surface area contributed by atoms with Crippen LogP contribution < -0.4 is 5.32 Å². The lowest BCUT2D eigenvalue weighted by Crippen LogP contribution is -2.34. The fourth-order valence-electron chi connectivity index (χ4n) is 0.777. The summed E-state index contributed by atoms with van der Waals surface area (Å²) >= 11 is 6.88. The fraction of sp³-hybridized carbons (Fsp3) is 0.375. The summed E-state index contributed by atoms with van der Waals surface area (Å²) in [7, 11) is 0. The van der Waals surface area contributed by atoms with Crippen LogP contribution in [0, 0.1) is 0 Å². The van der Waals surface area contributed by atoms with Crippen LogP contribution in [0.1, 0.15) is 16.6 Å². The number of aliphatic hydroxyl groups is 1. The molecule has 1 atom stereocenters. The van der Waals surface area contributed by atoms with Crippen molar-refractivity contribution in [1.82, 2.24) is 5.32 Å². The van der Waals surface area contributed by atoms with Gasteiger partial charge in [-0.1, -0.05) is 11.6 Å². The number of thiophene rings is 1. The third-order valence-corrected chi connectivity index (χ3v) is 2.68. The van der Waals surface area contributed by atoms with Crippen molar-refractivity contribution in [2.75, 3.05) is 6.61 Å². The highest BCUT2D eigenvalue weighted by molar-refractivity contribution is 7.17. The van der Waals surface area contributed by atoms with E-state index in [4.69, 9.17) is 16.7 Å². The molecule has 1 rings (SSSR count). The Hall–Kier alpha value is -0.580. The monoisotopic (exact) mass is 219 g/mol. The van der Waals surface area contributed by atoms with Crippen molar-refractivity contribution in [3.05, 3.63) is 21.3 Å². The maximum atomic E-state index is 11.4. The zero-order chi connectivity index (χ0) is 9.84. The first-order valence-corrected chi connectivity index (χ1v) is 5.00. The smallest absolute Gasteiger partial charge is 0.261 e. The molecule has 0 spiro atoms. The predicted molar refractivity (Wildman–Crippen MR) is 53.3 cm³/mol. The molecule has 0 radical (unpaired) electrons. The average Bonchev–Trinajstić information content (AvgIpc) is 2.51. The molecule has 2 N–H and O–H groups in total. The summed E-state index contributed by atoms with van der Waals surface area (Å²) in [6.07, 6.45) is 0. The van der Waals surface area contributed by atoms with Gasteiger partial charge in [0.15, 0.2) is 0 Å². The summed E-state index contributed by atoms with van der Waals surface area (Å²) in [6.45, 7) is 1.66. The minimum atomic E-state index is -0.228. The Kier molecular flexibility index (Phi) is 3.71. The number of aliphatic hydroxyl groups excluding tert-OH is 1. The maximum Gasteiger partial charge on any atom is 0.261 e. The summed E-state index contributed by atoms with van der Waals surface area (Å²) in [5.41, 5.74) is 0. The second kappa shape index (κ2) is 4.60. The Labute approximate surface area is 85.3 Å². The maximum absolute atomic E-state index is 11.4. The number of halogens is 1. The number of nitrogens with one attached hydrogen (secondary N) is 1. The largest absolute Gasteiger partial charge is 0.394 e. The number of carbonyl (C=O) groups excluding carboxylic acids is 1. The summed E-state index contributed by atoms with van der Waals surface area (Å²) in [6, 6.07) is 3.10. The van der Waals surface area contributed by atoms with E-state index in [0.717, 1.165) is 0 Å². The lowest BCUT2D eigenvalue weighted by molar-refractivity contribution is 0.0926. The van der Waals surface area contributed by atoms with E-state index in [-0.39, 0.29) is 18.6 Å². The lowest BCUT2D eigenvalue weighted by Gasteiger charge is -2.08. The van der Waals surface area contributed by atoms with Crippen LogP contribution in [0.3, 0.4) is 0 Å². The van der Waals surface area contributed by atoms with Gasteiger partial charge in [-0.3, -0.25) is 4.79 Å². The van der Waals surface area contributed by atoms with Gasteiger partial charge in [-0.25, -0.2) is 0 Å². The van der Waals surface area contributed by atoms with Gasteiger partial charge >= 0.3 is 0 Å². The molecule has 1 aromatic heterocycles. The molecule has 1 amide bonds. The number of rotatable bonds is 3. The normalized spacial score (nSPS) is 12.5.